The van der Waals surface area contributed by atoms with Gasteiger partial charge in [0.25, 0.3) is 0 Å². The normalized spacial score (nSPS) is 12.7. The summed E-state index contributed by atoms with van der Waals surface area (Å²) < 4.78 is 1.08. The molecule has 14 heavy (non-hydrogen) atoms. The second-order valence-electron chi connectivity index (χ2n) is 2.97. The fraction of sp³-hybridized carbons (Fsp3) is 0.0909. The predicted octanol–water partition coefficient (Wildman–Crippen LogP) is 4.84. The number of halogens is 2. The molecule has 2 aromatic rings. The van der Waals surface area contributed by atoms with Crippen molar-refractivity contribution in [3.63, 3.8) is 0 Å². The van der Waals surface area contributed by atoms with E-state index in [0.29, 0.717) is 0 Å². The van der Waals surface area contributed by atoms with Gasteiger partial charge in [-0.05, 0) is 40.1 Å². The molecule has 0 amide bonds. The lowest BCUT2D eigenvalue weighted by molar-refractivity contribution is 1.15. The minimum Gasteiger partial charge on any atom is -0.152 e. The summed E-state index contributed by atoms with van der Waals surface area (Å²) in [5, 5.41) is 4.10. The smallest absolute Gasteiger partial charge is 0.0843 e. The van der Waals surface area contributed by atoms with E-state index in [-0.39, 0.29) is 5.38 Å². The zero-order valence-corrected chi connectivity index (χ0v) is 10.4. The van der Waals surface area contributed by atoms with Crippen molar-refractivity contribution in [1.29, 1.82) is 0 Å². The molecule has 0 bridgehead atoms. The third-order valence-electron chi connectivity index (χ3n) is 2.00. The first-order valence-corrected chi connectivity index (χ1v) is 6.36. The fourth-order valence-electron chi connectivity index (χ4n) is 1.24. The summed E-state index contributed by atoms with van der Waals surface area (Å²) in [7, 11) is 0. The van der Waals surface area contributed by atoms with Crippen molar-refractivity contribution < 1.29 is 0 Å². The summed E-state index contributed by atoms with van der Waals surface area (Å²) in [5.41, 5.74) is 2.30. The number of rotatable bonds is 2. The molecule has 1 heterocycles. The van der Waals surface area contributed by atoms with E-state index in [4.69, 9.17) is 11.6 Å². The first-order chi connectivity index (χ1) is 6.77. The van der Waals surface area contributed by atoms with Crippen LogP contribution in [0.3, 0.4) is 0 Å². The lowest BCUT2D eigenvalue weighted by atomic mass is 10.1. The van der Waals surface area contributed by atoms with Crippen molar-refractivity contribution in [2.24, 2.45) is 0 Å². The molecule has 2 rings (SSSR count). The van der Waals surface area contributed by atoms with Gasteiger partial charge < -0.3 is 0 Å². The molecule has 0 fully saturated rings. The lowest BCUT2D eigenvalue weighted by Gasteiger charge is -2.07. The van der Waals surface area contributed by atoms with E-state index < -0.39 is 0 Å². The maximum atomic E-state index is 6.32. The molecule has 0 aliphatic rings. The van der Waals surface area contributed by atoms with E-state index >= 15 is 0 Å². The van der Waals surface area contributed by atoms with Crippen LogP contribution in [-0.2, 0) is 0 Å². The van der Waals surface area contributed by atoms with Crippen LogP contribution in [0.15, 0.2) is 45.6 Å². The van der Waals surface area contributed by atoms with Crippen molar-refractivity contribution in [3.05, 3.63) is 56.7 Å². The lowest BCUT2D eigenvalue weighted by Crippen LogP contribution is -1.89. The zero-order valence-electron chi connectivity index (χ0n) is 7.28. The van der Waals surface area contributed by atoms with Crippen LogP contribution >= 0.6 is 38.9 Å². The van der Waals surface area contributed by atoms with Gasteiger partial charge in [0.1, 0.15) is 0 Å². The summed E-state index contributed by atoms with van der Waals surface area (Å²) in [6.07, 6.45) is 0. The first kappa shape index (κ1) is 10.2. The zero-order chi connectivity index (χ0) is 9.97. The molecule has 0 N–H and O–H groups in total. The van der Waals surface area contributed by atoms with Gasteiger partial charge in [0.15, 0.2) is 0 Å². The van der Waals surface area contributed by atoms with Gasteiger partial charge in [0, 0.05) is 4.47 Å². The second kappa shape index (κ2) is 4.47. The van der Waals surface area contributed by atoms with Crippen LogP contribution < -0.4 is 0 Å². The number of benzene rings is 1. The van der Waals surface area contributed by atoms with Gasteiger partial charge in [-0.15, -0.1) is 11.6 Å². The van der Waals surface area contributed by atoms with Crippen LogP contribution in [0.1, 0.15) is 16.5 Å². The molecule has 0 aliphatic carbocycles. The van der Waals surface area contributed by atoms with E-state index in [0.717, 1.165) is 10.0 Å². The van der Waals surface area contributed by atoms with E-state index in [1.165, 1.54) is 5.56 Å². The molecule has 0 radical (unpaired) electrons. The highest BCUT2D eigenvalue weighted by Crippen LogP contribution is 2.30. The average Bonchev–Trinajstić information content (AvgIpc) is 2.71. The van der Waals surface area contributed by atoms with Crippen molar-refractivity contribution in [3.8, 4) is 0 Å². The van der Waals surface area contributed by atoms with Crippen LogP contribution in [0.2, 0.25) is 0 Å². The highest BCUT2D eigenvalue weighted by atomic mass is 79.9. The van der Waals surface area contributed by atoms with Gasteiger partial charge in [0.2, 0.25) is 0 Å². The highest BCUT2D eigenvalue weighted by Gasteiger charge is 2.10. The van der Waals surface area contributed by atoms with E-state index in [1.807, 2.05) is 29.6 Å². The Hall–Kier alpha value is -0.310. The van der Waals surface area contributed by atoms with Crippen LogP contribution in [0.25, 0.3) is 0 Å². The SMILES string of the molecule is ClC(c1ccc(Br)cc1)c1ccsc1. The summed E-state index contributed by atoms with van der Waals surface area (Å²) in [5.74, 6) is 0. The highest BCUT2D eigenvalue weighted by molar-refractivity contribution is 9.10. The second-order valence-corrected chi connectivity index (χ2v) is 5.10. The number of alkyl halides is 1. The molecule has 3 heteroatoms. The van der Waals surface area contributed by atoms with Gasteiger partial charge in [-0.3, -0.25) is 0 Å². The van der Waals surface area contributed by atoms with E-state index in [2.05, 4.69) is 27.4 Å². The van der Waals surface area contributed by atoms with Crippen molar-refractivity contribution in [1.82, 2.24) is 0 Å². The quantitative estimate of drug-likeness (QED) is 0.693. The molecule has 0 nitrogen and oxygen atoms in total. The Morgan fingerprint density at radius 3 is 2.36 bits per heavy atom. The molecule has 1 aromatic carbocycles. The molecule has 1 unspecified atom stereocenters. The first-order valence-electron chi connectivity index (χ1n) is 4.19. The largest absolute Gasteiger partial charge is 0.152 e. The van der Waals surface area contributed by atoms with Gasteiger partial charge in [-0.25, -0.2) is 0 Å². The maximum absolute atomic E-state index is 6.32. The Morgan fingerprint density at radius 2 is 1.79 bits per heavy atom. The summed E-state index contributed by atoms with van der Waals surface area (Å²) in [6.45, 7) is 0. The monoisotopic (exact) mass is 286 g/mol. The average molecular weight is 288 g/mol. The Labute approximate surface area is 101 Å². The third kappa shape index (κ3) is 2.19. The van der Waals surface area contributed by atoms with Gasteiger partial charge >= 0.3 is 0 Å². The number of hydrogen-bond acceptors (Lipinski definition) is 1. The Morgan fingerprint density at radius 1 is 1.07 bits per heavy atom. The van der Waals surface area contributed by atoms with Crippen molar-refractivity contribution in [2.75, 3.05) is 0 Å². The summed E-state index contributed by atoms with van der Waals surface area (Å²) in [4.78, 5) is 0. The Balaban J connectivity index is 2.28. The van der Waals surface area contributed by atoms with Crippen LogP contribution in [0.5, 0.6) is 0 Å². The van der Waals surface area contributed by atoms with Crippen LogP contribution in [0, 0.1) is 0 Å². The molecule has 0 aliphatic heterocycles. The number of hydrogen-bond donors (Lipinski definition) is 0. The predicted molar refractivity (Wildman–Crippen MR) is 66.2 cm³/mol. The molecule has 1 aromatic heterocycles. The Bertz CT molecular complexity index is 394. The van der Waals surface area contributed by atoms with Gasteiger partial charge in [-0.1, -0.05) is 28.1 Å². The molecule has 0 spiro atoms. The third-order valence-corrected chi connectivity index (χ3v) is 3.73. The van der Waals surface area contributed by atoms with Gasteiger partial charge in [-0.2, -0.15) is 11.3 Å². The van der Waals surface area contributed by atoms with Crippen molar-refractivity contribution >= 4 is 38.9 Å². The summed E-state index contributed by atoms with van der Waals surface area (Å²) >= 11 is 11.4. The molecule has 72 valence electrons. The van der Waals surface area contributed by atoms with Crippen LogP contribution in [0.4, 0.5) is 0 Å². The summed E-state index contributed by atoms with van der Waals surface area (Å²) in [6, 6.07) is 10.2. The molecular weight excluding hydrogens is 280 g/mol. The fourth-order valence-corrected chi connectivity index (χ4v) is 2.55. The molecule has 1 atom stereocenters. The van der Waals surface area contributed by atoms with E-state index in [1.54, 1.807) is 11.3 Å². The number of thiophene rings is 1. The molecule has 0 saturated heterocycles. The van der Waals surface area contributed by atoms with Crippen LogP contribution in [-0.4, -0.2) is 0 Å². The minimum absolute atomic E-state index is 0.0330. The molecular formula is C11H8BrClS. The maximum Gasteiger partial charge on any atom is 0.0843 e. The Kier molecular flexibility index (Phi) is 3.26. The van der Waals surface area contributed by atoms with Crippen molar-refractivity contribution in [2.45, 2.75) is 5.38 Å². The topological polar surface area (TPSA) is 0 Å². The van der Waals surface area contributed by atoms with E-state index in [9.17, 15) is 0 Å². The molecule has 0 saturated carbocycles. The minimum atomic E-state index is -0.0330. The van der Waals surface area contributed by atoms with Gasteiger partial charge in [0.05, 0.1) is 5.38 Å². The standard InChI is InChI=1S/C11H8BrClS/c12-10-3-1-8(2-4-10)11(13)9-5-6-14-7-9/h1-7,11H.